The number of ether oxygens (including phenoxy) is 3. The molecule has 9 nitrogen and oxygen atoms in total. The Kier molecular flexibility index (Phi) is 8.66. The number of hydrogen-bond acceptors (Lipinski definition) is 7. The summed E-state index contributed by atoms with van der Waals surface area (Å²) in [6, 6.07) is 15.5. The molecule has 180 valence electrons. The molecule has 0 heterocycles. The number of carbonyl (C=O) groups is 3. The number of benzene rings is 3. The number of esters is 1. The topological polar surface area (TPSA) is 115 Å². The van der Waals surface area contributed by atoms with Crippen molar-refractivity contribution in [3.8, 4) is 17.2 Å². The fourth-order valence-electron chi connectivity index (χ4n) is 2.76. The SMILES string of the molecule is COc1cccc(NC(=O)C(=O)N/N=C\c2ccc(OC(=O)c3ccc(Cl)cc3Cl)c(OC)c2)c1. The molecule has 3 rings (SSSR count). The minimum absolute atomic E-state index is 0.138. The molecule has 0 spiro atoms. The first-order valence-corrected chi connectivity index (χ1v) is 10.7. The summed E-state index contributed by atoms with van der Waals surface area (Å²) in [5, 5.41) is 6.74. The zero-order valence-corrected chi connectivity index (χ0v) is 20.0. The van der Waals surface area contributed by atoms with Gasteiger partial charge in [-0.25, -0.2) is 10.2 Å². The molecule has 2 amide bonds. The predicted molar refractivity (Wildman–Crippen MR) is 132 cm³/mol. The van der Waals surface area contributed by atoms with Gasteiger partial charge in [-0.3, -0.25) is 9.59 Å². The fourth-order valence-corrected chi connectivity index (χ4v) is 3.25. The third-order valence-electron chi connectivity index (χ3n) is 4.45. The monoisotopic (exact) mass is 515 g/mol. The third kappa shape index (κ3) is 6.95. The molecular formula is C24H19Cl2N3O6. The van der Waals surface area contributed by atoms with Gasteiger partial charge in [0.05, 0.1) is 31.0 Å². The zero-order valence-electron chi connectivity index (χ0n) is 18.5. The molecule has 0 radical (unpaired) electrons. The molecule has 0 aliphatic heterocycles. The Labute approximate surface area is 210 Å². The lowest BCUT2D eigenvalue weighted by Gasteiger charge is -2.10. The third-order valence-corrected chi connectivity index (χ3v) is 5.00. The molecule has 3 aromatic carbocycles. The van der Waals surface area contributed by atoms with Crippen molar-refractivity contribution in [3.63, 3.8) is 0 Å². The maximum absolute atomic E-state index is 12.5. The number of rotatable bonds is 7. The van der Waals surface area contributed by atoms with Gasteiger partial charge in [-0.1, -0.05) is 29.3 Å². The molecule has 0 unspecified atom stereocenters. The number of amides is 2. The van der Waals surface area contributed by atoms with E-state index in [9.17, 15) is 14.4 Å². The van der Waals surface area contributed by atoms with Crippen LogP contribution < -0.4 is 25.0 Å². The van der Waals surface area contributed by atoms with Crippen molar-refractivity contribution in [1.82, 2.24) is 5.43 Å². The number of halogens is 2. The van der Waals surface area contributed by atoms with Gasteiger partial charge in [0.1, 0.15) is 5.75 Å². The van der Waals surface area contributed by atoms with Crippen LogP contribution in [0, 0.1) is 0 Å². The second-order valence-electron chi connectivity index (χ2n) is 6.81. The van der Waals surface area contributed by atoms with Crippen molar-refractivity contribution in [3.05, 3.63) is 81.8 Å². The van der Waals surface area contributed by atoms with Gasteiger partial charge in [-0.15, -0.1) is 0 Å². The Morgan fingerprint density at radius 3 is 2.40 bits per heavy atom. The van der Waals surface area contributed by atoms with Crippen LogP contribution in [0.2, 0.25) is 10.0 Å². The molecule has 0 bridgehead atoms. The summed E-state index contributed by atoms with van der Waals surface area (Å²) in [7, 11) is 2.89. The van der Waals surface area contributed by atoms with E-state index in [0.29, 0.717) is 22.0 Å². The summed E-state index contributed by atoms with van der Waals surface area (Å²) in [5.74, 6) is -1.67. The Morgan fingerprint density at radius 2 is 1.69 bits per heavy atom. The average molecular weight is 516 g/mol. The lowest BCUT2D eigenvalue weighted by molar-refractivity contribution is -0.136. The zero-order chi connectivity index (χ0) is 25.4. The van der Waals surface area contributed by atoms with E-state index in [2.05, 4.69) is 15.8 Å². The number of anilines is 1. The fraction of sp³-hybridized carbons (Fsp3) is 0.0833. The molecule has 0 atom stereocenters. The smallest absolute Gasteiger partial charge is 0.345 e. The van der Waals surface area contributed by atoms with E-state index in [4.69, 9.17) is 37.4 Å². The maximum atomic E-state index is 12.5. The van der Waals surface area contributed by atoms with Crippen LogP contribution in [0.1, 0.15) is 15.9 Å². The summed E-state index contributed by atoms with van der Waals surface area (Å²) in [6.07, 6.45) is 1.29. The van der Waals surface area contributed by atoms with E-state index >= 15 is 0 Å². The van der Waals surface area contributed by atoms with E-state index in [0.717, 1.165) is 0 Å². The minimum atomic E-state index is -0.971. The molecule has 2 N–H and O–H groups in total. The lowest BCUT2D eigenvalue weighted by atomic mass is 10.2. The molecular weight excluding hydrogens is 497 g/mol. The highest BCUT2D eigenvalue weighted by molar-refractivity contribution is 6.39. The van der Waals surface area contributed by atoms with Gasteiger partial charge in [0.25, 0.3) is 0 Å². The minimum Gasteiger partial charge on any atom is -0.497 e. The van der Waals surface area contributed by atoms with E-state index in [1.165, 1.54) is 50.8 Å². The van der Waals surface area contributed by atoms with Crippen LogP contribution in [0.25, 0.3) is 0 Å². The number of hydrogen-bond donors (Lipinski definition) is 2. The number of nitrogens with zero attached hydrogens (tertiary/aromatic N) is 1. The summed E-state index contributed by atoms with van der Waals surface area (Å²) < 4.78 is 15.7. The predicted octanol–water partition coefficient (Wildman–Crippen LogP) is 4.32. The van der Waals surface area contributed by atoms with Gasteiger partial charge in [0.2, 0.25) is 0 Å². The quantitative estimate of drug-likeness (QED) is 0.159. The van der Waals surface area contributed by atoms with Crippen molar-refractivity contribution in [2.24, 2.45) is 5.10 Å². The first-order valence-electron chi connectivity index (χ1n) is 9.94. The first-order chi connectivity index (χ1) is 16.8. The van der Waals surface area contributed by atoms with Gasteiger partial charge in [0, 0.05) is 16.8 Å². The summed E-state index contributed by atoms with van der Waals surface area (Å²) >= 11 is 11.9. The highest BCUT2D eigenvalue weighted by Crippen LogP contribution is 2.30. The van der Waals surface area contributed by atoms with Crippen LogP contribution in [0.3, 0.4) is 0 Å². The molecule has 35 heavy (non-hydrogen) atoms. The highest BCUT2D eigenvalue weighted by atomic mass is 35.5. The molecule has 0 aliphatic carbocycles. The van der Waals surface area contributed by atoms with Gasteiger partial charge in [-0.2, -0.15) is 5.10 Å². The van der Waals surface area contributed by atoms with Crippen LogP contribution in [0.15, 0.2) is 65.8 Å². The molecule has 0 aliphatic rings. The first kappa shape index (κ1) is 25.5. The average Bonchev–Trinajstić information content (AvgIpc) is 2.84. The molecule has 11 heteroatoms. The van der Waals surface area contributed by atoms with E-state index in [-0.39, 0.29) is 22.1 Å². The highest BCUT2D eigenvalue weighted by Gasteiger charge is 2.16. The largest absolute Gasteiger partial charge is 0.497 e. The Hall–Kier alpha value is -4.08. The normalized spacial score (nSPS) is 10.5. The van der Waals surface area contributed by atoms with Crippen molar-refractivity contribution >= 4 is 52.9 Å². The van der Waals surface area contributed by atoms with Crippen LogP contribution >= 0.6 is 23.2 Å². The van der Waals surface area contributed by atoms with Crippen molar-refractivity contribution in [1.29, 1.82) is 0 Å². The van der Waals surface area contributed by atoms with E-state index in [1.807, 2.05) is 0 Å². The second kappa shape index (κ2) is 11.9. The maximum Gasteiger partial charge on any atom is 0.345 e. The number of carbonyl (C=O) groups excluding carboxylic acids is 3. The van der Waals surface area contributed by atoms with Crippen LogP contribution in [0.5, 0.6) is 17.2 Å². The van der Waals surface area contributed by atoms with Gasteiger partial charge in [-0.05, 0) is 54.1 Å². The van der Waals surface area contributed by atoms with E-state index in [1.54, 1.807) is 30.3 Å². The second-order valence-corrected chi connectivity index (χ2v) is 7.65. The van der Waals surface area contributed by atoms with Gasteiger partial charge < -0.3 is 19.5 Å². The lowest BCUT2D eigenvalue weighted by Crippen LogP contribution is -2.32. The van der Waals surface area contributed by atoms with E-state index < -0.39 is 17.8 Å². The molecule has 0 saturated heterocycles. The summed E-state index contributed by atoms with van der Waals surface area (Å²) in [4.78, 5) is 36.5. The standard InChI is InChI=1S/C24H19Cl2N3O6/c1-33-17-5-3-4-16(12-17)28-22(30)23(31)29-27-13-14-6-9-20(21(10-14)34-2)35-24(32)18-8-7-15(25)11-19(18)26/h3-13H,1-2H3,(H,28,30)(H,29,31)/b27-13-. The Balaban J connectivity index is 1.62. The number of nitrogens with one attached hydrogen (secondary N) is 2. The van der Waals surface area contributed by atoms with Crippen molar-refractivity contribution in [2.45, 2.75) is 0 Å². The summed E-state index contributed by atoms with van der Waals surface area (Å²) in [5.41, 5.74) is 3.16. The van der Waals surface area contributed by atoms with Gasteiger partial charge >= 0.3 is 17.8 Å². The van der Waals surface area contributed by atoms with Crippen LogP contribution in [-0.4, -0.2) is 38.2 Å². The number of hydrazone groups is 1. The van der Waals surface area contributed by atoms with Crippen LogP contribution in [-0.2, 0) is 9.59 Å². The molecule has 0 aromatic heterocycles. The molecule has 0 saturated carbocycles. The van der Waals surface area contributed by atoms with Crippen molar-refractivity contribution in [2.75, 3.05) is 19.5 Å². The number of methoxy groups -OCH3 is 2. The Morgan fingerprint density at radius 1 is 0.886 bits per heavy atom. The molecule has 3 aromatic rings. The van der Waals surface area contributed by atoms with Crippen LogP contribution in [0.4, 0.5) is 5.69 Å². The van der Waals surface area contributed by atoms with Gasteiger partial charge in [0.15, 0.2) is 11.5 Å². The summed E-state index contributed by atoms with van der Waals surface area (Å²) in [6.45, 7) is 0. The van der Waals surface area contributed by atoms with Crippen molar-refractivity contribution < 1.29 is 28.6 Å². The molecule has 0 fully saturated rings. The Bertz CT molecular complexity index is 1300.